The number of rotatable bonds is 10. The Labute approximate surface area is 190 Å². The first-order chi connectivity index (χ1) is 15.8. The van der Waals surface area contributed by atoms with Gasteiger partial charge in [-0.25, -0.2) is 8.42 Å². The number of nitrogens with one attached hydrogen (secondary N) is 2. The lowest BCUT2D eigenvalue weighted by atomic mass is 10.3. The van der Waals surface area contributed by atoms with Crippen LogP contribution in [0.4, 0.5) is 11.5 Å². The minimum atomic E-state index is -3.96. The molecule has 1 aromatic heterocycles. The number of hydrogen-bond donors (Lipinski definition) is 2. The minimum absolute atomic E-state index is 0.0215. The number of anilines is 2. The van der Waals surface area contributed by atoms with Crippen molar-refractivity contribution in [1.29, 1.82) is 0 Å². The van der Waals surface area contributed by atoms with Crippen molar-refractivity contribution in [3.8, 4) is 23.4 Å². The van der Waals surface area contributed by atoms with E-state index in [4.69, 9.17) is 18.9 Å². The van der Waals surface area contributed by atoms with Crippen LogP contribution in [0.2, 0.25) is 0 Å². The van der Waals surface area contributed by atoms with Crippen molar-refractivity contribution in [1.82, 2.24) is 9.97 Å². The van der Waals surface area contributed by atoms with Gasteiger partial charge in [-0.15, -0.1) is 0 Å². The maximum Gasteiger partial charge on any atom is 0.321 e. The Morgan fingerprint density at radius 3 is 2.15 bits per heavy atom. The fraction of sp³-hybridized carbons (Fsp3) is 0.190. The Bertz CT molecular complexity index is 1180. The number of benzene rings is 2. The summed E-state index contributed by atoms with van der Waals surface area (Å²) in [5, 5.41) is 2.64. The molecule has 0 radical (unpaired) electrons. The van der Waals surface area contributed by atoms with Gasteiger partial charge in [0.15, 0.2) is 12.4 Å². The standard InChI is InChI=1S/C21H22N4O7S/c1-29-15-6-8-16(9-7-15)32-13-19(26)22-14-4-10-17(11-5-14)33(27,28)25-18-12-20(30-2)24-21(23-18)31-3/h4-12H,13H2,1-3H3,(H,22,26)(H,23,24,25). The molecule has 0 bridgehead atoms. The van der Waals surface area contributed by atoms with E-state index >= 15 is 0 Å². The molecule has 0 saturated carbocycles. The third kappa shape index (κ3) is 6.46. The lowest BCUT2D eigenvalue weighted by Gasteiger charge is -2.11. The summed E-state index contributed by atoms with van der Waals surface area (Å²) in [4.78, 5) is 19.9. The van der Waals surface area contributed by atoms with Crippen LogP contribution in [0.1, 0.15) is 0 Å². The lowest BCUT2D eigenvalue weighted by Crippen LogP contribution is -2.20. The van der Waals surface area contributed by atoms with Crippen LogP contribution in [-0.2, 0) is 14.8 Å². The minimum Gasteiger partial charge on any atom is -0.497 e. The molecule has 0 saturated heterocycles. The van der Waals surface area contributed by atoms with Gasteiger partial charge in [-0.05, 0) is 48.5 Å². The molecule has 33 heavy (non-hydrogen) atoms. The van der Waals surface area contributed by atoms with E-state index in [1.54, 1.807) is 31.4 Å². The van der Waals surface area contributed by atoms with Crippen LogP contribution in [0, 0.1) is 0 Å². The molecule has 1 heterocycles. The highest BCUT2D eigenvalue weighted by molar-refractivity contribution is 7.92. The molecule has 0 aliphatic carbocycles. The fourth-order valence-corrected chi connectivity index (χ4v) is 3.58. The number of sulfonamides is 1. The maximum absolute atomic E-state index is 12.7. The third-order valence-electron chi connectivity index (χ3n) is 4.19. The highest BCUT2D eigenvalue weighted by Gasteiger charge is 2.17. The summed E-state index contributed by atoms with van der Waals surface area (Å²) in [6.45, 7) is -0.217. The first-order valence-electron chi connectivity index (χ1n) is 9.49. The summed E-state index contributed by atoms with van der Waals surface area (Å²) in [6, 6.07) is 13.7. The zero-order valence-corrected chi connectivity index (χ0v) is 18.9. The summed E-state index contributed by atoms with van der Waals surface area (Å²) >= 11 is 0. The molecule has 3 aromatic rings. The number of carbonyl (C=O) groups is 1. The first-order valence-corrected chi connectivity index (χ1v) is 11.0. The smallest absolute Gasteiger partial charge is 0.321 e. The predicted octanol–water partition coefficient (Wildman–Crippen LogP) is 2.32. The highest BCUT2D eigenvalue weighted by atomic mass is 32.2. The van der Waals surface area contributed by atoms with Crippen LogP contribution in [0.5, 0.6) is 23.4 Å². The molecule has 174 valence electrons. The number of carbonyl (C=O) groups excluding carboxylic acids is 1. The van der Waals surface area contributed by atoms with Crippen molar-refractivity contribution < 1.29 is 32.2 Å². The van der Waals surface area contributed by atoms with E-state index in [2.05, 4.69) is 20.0 Å². The average Bonchev–Trinajstić information content (AvgIpc) is 2.82. The Kier molecular flexibility index (Phi) is 7.51. The number of amides is 1. The van der Waals surface area contributed by atoms with E-state index in [0.717, 1.165) is 0 Å². The Morgan fingerprint density at radius 2 is 1.55 bits per heavy atom. The van der Waals surface area contributed by atoms with Crippen molar-refractivity contribution in [2.45, 2.75) is 4.90 Å². The third-order valence-corrected chi connectivity index (χ3v) is 5.56. The number of hydrogen-bond acceptors (Lipinski definition) is 9. The van der Waals surface area contributed by atoms with E-state index in [9.17, 15) is 13.2 Å². The van der Waals surface area contributed by atoms with Crippen molar-refractivity contribution in [3.63, 3.8) is 0 Å². The predicted molar refractivity (Wildman–Crippen MR) is 120 cm³/mol. The molecule has 0 fully saturated rings. The van der Waals surface area contributed by atoms with Crippen LogP contribution in [0.3, 0.4) is 0 Å². The molecule has 0 aliphatic heterocycles. The molecular weight excluding hydrogens is 452 g/mol. The SMILES string of the molecule is COc1ccc(OCC(=O)Nc2ccc(S(=O)(=O)Nc3cc(OC)nc(OC)n3)cc2)cc1. The van der Waals surface area contributed by atoms with E-state index in [0.29, 0.717) is 17.2 Å². The Morgan fingerprint density at radius 1 is 0.879 bits per heavy atom. The van der Waals surface area contributed by atoms with E-state index in [1.807, 2.05) is 0 Å². The molecule has 2 N–H and O–H groups in total. The Hall–Kier alpha value is -4.06. The van der Waals surface area contributed by atoms with Crippen LogP contribution >= 0.6 is 0 Å². The van der Waals surface area contributed by atoms with Crippen LogP contribution in [-0.4, -0.2) is 52.2 Å². The monoisotopic (exact) mass is 474 g/mol. The molecule has 0 spiro atoms. The van der Waals surface area contributed by atoms with Gasteiger partial charge < -0.3 is 24.3 Å². The van der Waals surface area contributed by atoms with Gasteiger partial charge >= 0.3 is 6.01 Å². The van der Waals surface area contributed by atoms with Crippen molar-refractivity contribution >= 4 is 27.4 Å². The summed E-state index contributed by atoms with van der Waals surface area (Å²) in [5.74, 6) is 0.895. The molecule has 3 rings (SSSR count). The van der Waals surface area contributed by atoms with Crippen LogP contribution < -0.4 is 29.0 Å². The van der Waals surface area contributed by atoms with E-state index in [1.165, 1.54) is 44.6 Å². The second kappa shape index (κ2) is 10.5. The molecule has 0 atom stereocenters. The average molecular weight is 474 g/mol. The highest BCUT2D eigenvalue weighted by Crippen LogP contribution is 2.22. The number of methoxy groups -OCH3 is 3. The first kappa shape index (κ1) is 23.6. The van der Waals surface area contributed by atoms with Gasteiger partial charge in [0.1, 0.15) is 11.5 Å². The molecule has 12 heteroatoms. The van der Waals surface area contributed by atoms with E-state index < -0.39 is 15.9 Å². The summed E-state index contributed by atoms with van der Waals surface area (Å²) in [5.41, 5.74) is 0.405. The quantitative estimate of drug-likeness (QED) is 0.453. The topological polar surface area (TPSA) is 138 Å². The number of ether oxygens (including phenoxy) is 4. The van der Waals surface area contributed by atoms with Gasteiger partial charge in [-0.2, -0.15) is 9.97 Å². The molecule has 0 aliphatic rings. The second-order valence-corrected chi connectivity index (χ2v) is 8.11. The van der Waals surface area contributed by atoms with Gasteiger partial charge in [0.05, 0.1) is 26.2 Å². The number of nitrogens with zero attached hydrogens (tertiary/aromatic N) is 2. The van der Waals surface area contributed by atoms with Gasteiger partial charge in [-0.3, -0.25) is 9.52 Å². The largest absolute Gasteiger partial charge is 0.497 e. The zero-order chi connectivity index (χ0) is 23.8. The van der Waals surface area contributed by atoms with Gasteiger partial charge in [0.2, 0.25) is 5.88 Å². The van der Waals surface area contributed by atoms with Crippen molar-refractivity contribution in [3.05, 3.63) is 54.6 Å². The molecule has 0 unspecified atom stereocenters. The molecular formula is C21H22N4O7S. The van der Waals surface area contributed by atoms with Crippen molar-refractivity contribution in [2.24, 2.45) is 0 Å². The van der Waals surface area contributed by atoms with Gasteiger partial charge in [0.25, 0.3) is 15.9 Å². The van der Waals surface area contributed by atoms with Crippen LogP contribution in [0.15, 0.2) is 59.5 Å². The maximum atomic E-state index is 12.7. The fourth-order valence-electron chi connectivity index (χ4n) is 2.58. The summed E-state index contributed by atoms with van der Waals surface area (Å²) < 4.78 is 48.1. The normalized spacial score (nSPS) is 10.8. The van der Waals surface area contributed by atoms with Gasteiger partial charge in [-0.1, -0.05) is 0 Å². The van der Waals surface area contributed by atoms with E-state index in [-0.39, 0.29) is 29.2 Å². The summed E-state index contributed by atoms with van der Waals surface area (Å²) in [7, 11) is 0.330. The molecule has 1 amide bonds. The lowest BCUT2D eigenvalue weighted by molar-refractivity contribution is -0.118. The Balaban J connectivity index is 1.61. The van der Waals surface area contributed by atoms with Crippen molar-refractivity contribution in [2.75, 3.05) is 38.0 Å². The molecule has 2 aromatic carbocycles. The summed E-state index contributed by atoms with van der Waals surface area (Å²) in [6.07, 6.45) is 0. The second-order valence-electron chi connectivity index (χ2n) is 6.42. The van der Waals surface area contributed by atoms with Gasteiger partial charge in [0, 0.05) is 11.8 Å². The zero-order valence-electron chi connectivity index (χ0n) is 18.1. The number of aromatic nitrogens is 2. The van der Waals surface area contributed by atoms with Crippen LogP contribution in [0.25, 0.3) is 0 Å². The molecule has 11 nitrogen and oxygen atoms in total.